The highest BCUT2D eigenvalue weighted by atomic mass is 32.2. The number of carboxylic acids is 1. The first-order valence-corrected chi connectivity index (χ1v) is 32.0. The van der Waals surface area contributed by atoms with Gasteiger partial charge in [0.15, 0.2) is 6.04 Å². The highest BCUT2D eigenvalue weighted by Crippen LogP contribution is 2.44. The smallest absolute Gasteiger partial charge is 0.408 e. The summed E-state index contributed by atoms with van der Waals surface area (Å²) in [6, 6.07) is 11.4. The fraction of sp³-hybridized carbons (Fsp3) is 0.500. The van der Waals surface area contributed by atoms with Gasteiger partial charge >= 0.3 is 36.2 Å². The molecule has 1 aliphatic rings. The first-order valence-electron chi connectivity index (χ1n) is 29.7. The Bertz CT molecular complexity index is 3090. The molecule has 1 aliphatic carbocycles. The van der Waals surface area contributed by atoms with Gasteiger partial charge in [0.05, 0.1) is 11.8 Å². The predicted octanol–water partition coefficient (Wildman–Crippen LogP) is 2.68. The SMILES string of the molecule is CC(=O)NCSC[C@H](NC(=O)[C@H](C)NC(=O)OC(C)(C)C)C(=O)N[C@H](C(=O)OC[C@@H](NC(=O)OCC1c2ccccc2-c2ccccc21)C(=O)N[C@@H](C)C(=O)N[C@@H](CSCNC(C)=O)C(=O)N[C@H](C(=O)OC[C@@H](NC(=O)OCc1ccccc1)C(=O)O)C(C)C)C(C)C. The number of carboxylic acid groups (broad SMARTS) is 1. The molecular formula is C62H84N10O19S2. The first-order chi connectivity index (χ1) is 43.8. The predicted molar refractivity (Wildman–Crippen MR) is 341 cm³/mol. The van der Waals surface area contributed by atoms with Crippen LogP contribution in [0.1, 0.15) is 98.8 Å². The highest BCUT2D eigenvalue weighted by molar-refractivity contribution is 7.99. The van der Waals surface area contributed by atoms with E-state index in [4.69, 9.17) is 23.7 Å². The third-order valence-corrected chi connectivity index (χ3v) is 15.4. The van der Waals surface area contributed by atoms with Crippen LogP contribution in [-0.4, -0.2) is 180 Å². The molecule has 0 aromatic heterocycles. The quantitative estimate of drug-likeness (QED) is 0.0177. The number of carbonyl (C=O) groups is 13. The monoisotopic (exact) mass is 1340 g/mol. The van der Waals surface area contributed by atoms with E-state index in [1.165, 1.54) is 41.5 Å². The van der Waals surface area contributed by atoms with Crippen LogP contribution in [0, 0.1) is 11.8 Å². The third-order valence-electron chi connectivity index (χ3n) is 13.5. The second-order valence-electron chi connectivity index (χ2n) is 23.1. The number of amides is 10. The Balaban J connectivity index is 1.54. The van der Waals surface area contributed by atoms with Crippen LogP contribution < -0.4 is 53.2 Å². The van der Waals surface area contributed by atoms with Crippen molar-refractivity contribution in [1.82, 2.24) is 53.2 Å². The molecule has 11 N–H and O–H groups in total. The van der Waals surface area contributed by atoms with E-state index in [9.17, 15) is 67.4 Å². The zero-order valence-corrected chi connectivity index (χ0v) is 55.3. The zero-order valence-electron chi connectivity index (χ0n) is 53.6. The topological polar surface area (TPSA) is 409 Å². The normalized spacial score (nSPS) is 14.2. The van der Waals surface area contributed by atoms with Crippen molar-refractivity contribution < 1.29 is 91.1 Å². The van der Waals surface area contributed by atoms with Gasteiger partial charge < -0.3 is 82.0 Å². The molecule has 0 spiro atoms. The summed E-state index contributed by atoms with van der Waals surface area (Å²) in [5.41, 5.74) is 3.32. The molecule has 4 rings (SSSR count). The molecule has 10 amide bonds. The molecule has 0 saturated heterocycles. The number of rotatable bonds is 34. The molecule has 0 radical (unpaired) electrons. The Morgan fingerprint density at radius 1 is 0.473 bits per heavy atom. The largest absolute Gasteiger partial charge is 0.480 e. The number of benzene rings is 3. The molecule has 0 unspecified atom stereocenters. The molecule has 0 fully saturated rings. The lowest BCUT2D eigenvalue weighted by Gasteiger charge is -2.27. The van der Waals surface area contributed by atoms with Crippen LogP contribution in [0.3, 0.4) is 0 Å². The molecule has 8 atom stereocenters. The lowest BCUT2D eigenvalue weighted by Crippen LogP contribution is -2.59. The van der Waals surface area contributed by atoms with E-state index in [2.05, 4.69) is 53.2 Å². The molecule has 0 bridgehead atoms. The van der Waals surface area contributed by atoms with E-state index in [0.29, 0.717) is 5.56 Å². The maximum Gasteiger partial charge on any atom is 0.408 e. The summed E-state index contributed by atoms with van der Waals surface area (Å²) in [4.78, 5) is 172. The van der Waals surface area contributed by atoms with Gasteiger partial charge in [-0.1, -0.05) is 107 Å². The third kappa shape index (κ3) is 26.2. The number of hydrogen-bond donors (Lipinski definition) is 11. The molecule has 0 heterocycles. The van der Waals surface area contributed by atoms with Gasteiger partial charge in [-0.25, -0.2) is 28.8 Å². The molecule has 29 nitrogen and oxygen atoms in total. The lowest BCUT2D eigenvalue weighted by atomic mass is 9.98. The maximum atomic E-state index is 14.3. The minimum absolute atomic E-state index is 0.0282. The van der Waals surface area contributed by atoms with Crippen molar-refractivity contribution in [1.29, 1.82) is 0 Å². The van der Waals surface area contributed by atoms with Crippen LogP contribution in [0.25, 0.3) is 11.1 Å². The molecular weight excluding hydrogens is 1250 g/mol. The van der Waals surface area contributed by atoms with Gasteiger partial charge in [-0.2, -0.15) is 0 Å². The van der Waals surface area contributed by atoms with E-state index in [1.807, 2.05) is 48.5 Å². The fourth-order valence-electron chi connectivity index (χ4n) is 8.61. The average Bonchev–Trinajstić information content (AvgIpc) is 1.62. The van der Waals surface area contributed by atoms with Crippen LogP contribution >= 0.6 is 23.5 Å². The van der Waals surface area contributed by atoms with E-state index >= 15 is 0 Å². The van der Waals surface area contributed by atoms with Gasteiger partial charge in [0.25, 0.3) is 0 Å². The van der Waals surface area contributed by atoms with Crippen molar-refractivity contribution in [3.05, 3.63) is 95.6 Å². The van der Waals surface area contributed by atoms with Crippen LogP contribution in [0.15, 0.2) is 78.9 Å². The zero-order chi connectivity index (χ0) is 69.1. The van der Waals surface area contributed by atoms with Crippen molar-refractivity contribution in [2.24, 2.45) is 11.8 Å². The van der Waals surface area contributed by atoms with Gasteiger partial charge in [0.1, 0.15) is 74.3 Å². The minimum atomic E-state index is -1.82. The van der Waals surface area contributed by atoms with Crippen LogP contribution in [0.4, 0.5) is 14.4 Å². The first kappa shape index (κ1) is 76.3. The number of hydrogen-bond acceptors (Lipinski definition) is 20. The Hall–Kier alpha value is -9.13. The van der Waals surface area contributed by atoms with E-state index < -0.39 is 157 Å². The standard InChI is InChI=1S/C62H84N10O19S2/c1-33(2)49(71-55(79)48(30-93-32-64-38(8)74)68-52(76)36(6)66-61(86)91-62(9,10)11)57(82)87-27-45(69-59(84)90-26-44-42-23-17-15-21-40(42)41-22-16-18-24-43(41)44)53(77)65-35(5)51(75)67-47(29-92-31-63-37(7)73)54(78)72-50(34(3)4)58(83)88-28-46(56(80)81)70-60(85)89-25-39-19-13-12-14-20-39/h12-24,33-36,44-50H,25-32H2,1-11H3,(H,63,73)(H,64,74)(H,65,77)(H,66,86)(H,67,75)(H,68,76)(H,69,84)(H,70,85)(H,71,79)(H,72,78)(H,80,81)/t35-,36-,45+,46+,47-,48-,49-,50-/m0/s1. The van der Waals surface area contributed by atoms with Crippen LogP contribution in [0.5, 0.6) is 0 Å². The number of esters is 2. The summed E-state index contributed by atoms with van der Waals surface area (Å²) in [6.45, 7) is 14.0. The van der Waals surface area contributed by atoms with Crippen LogP contribution in [0.2, 0.25) is 0 Å². The van der Waals surface area contributed by atoms with E-state index in [-0.39, 0.29) is 42.4 Å². The van der Waals surface area contributed by atoms with Crippen molar-refractivity contribution >= 4 is 101 Å². The summed E-state index contributed by atoms with van der Waals surface area (Å²) >= 11 is 2.04. The summed E-state index contributed by atoms with van der Waals surface area (Å²) in [5.74, 6) is -11.6. The number of carbonyl (C=O) groups excluding carboxylic acids is 12. The summed E-state index contributed by atoms with van der Waals surface area (Å²) in [5, 5.41) is 34.4. The number of alkyl carbamates (subject to hydrolysis) is 3. The van der Waals surface area contributed by atoms with Crippen molar-refractivity contribution in [3.63, 3.8) is 0 Å². The molecule has 3 aromatic carbocycles. The van der Waals surface area contributed by atoms with Gasteiger partial charge in [-0.15, -0.1) is 23.5 Å². The molecule has 31 heteroatoms. The minimum Gasteiger partial charge on any atom is -0.480 e. The second-order valence-corrected chi connectivity index (χ2v) is 25.1. The van der Waals surface area contributed by atoms with Crippen molar-refractivity contribution in [3.8, 4) is 11.1 Å². The number of aliphatic carboxylic acids is 1. The van der Waals surface area contributed by atoms with E-state index in [1.54, 1.807) is 65.0 Å². The Kier molecular flexibility index (Phi) is 30.7. The average molecular weight is 1340 g/mol. The van der Waals surface area contributed by atoms with Crippen LogP contribution in [-0.2, 0) is 78.2 Å². The van der Waals surface area contributed by atoms with Crippen molar-refractivity contribution in [2.75, 3.05) is 43.1 Å². The van der Waals surface area contributed by atoms with Gasteiger partial charge in [0, 0.05) is 31.3 Å². The summed E-state index contributed by atoms with van der Waals surface area (Å²) in [7, 11) is 0. The summed E-state index contributed by atoms with van der Waals surface area (Å²) < 4.78 is 27.0. The van der Waals surface area contributed by atoms with Gasteiger partial charge in [-0.05, 0) is 74.3 Å². The number of fused-ring (bicyclic) bond motifs is 3. The number of thioether (sulfide) groups is 2. The Morgan fingerprint density at radius 3 is 1.34 bits per heavy atom. The number of nitrogens with one attached hydrogen (secondary N) is 10. The molecule has 0 aliphatic heterocycles. The molecule has 508 valence electrons. The van der Waals surface area contributed by atoms with Gasteiger partial charge in [0.2, 0.25) is 41.4 Å². The second kappa shape index (κ2) is 37.4. The Morgan fingerprint density at radius 2 is 0.892 bits per heavy atom. The van der Waals surface area contributed by atoms with Crippen molar-refractivity contribution in [2.45, 2.75) is 143 Å². The lowest BCUT2D eigenvalue weighted by molar-refractivity contribution is -0.153. The molecule has 3 aromatic rings. The molecule has 0 saturated carbocycles. The van der Waals surface area contributed by atoms with E-state index in [0.717, 1.165) is 45.8 Å². The highest BCUT2D eigenvalue weighted by Gasteiger charge is 2.37. The number of ether oxygens (including phenoxy) is 5. The van der Waals surface area contributed by atoms with Gasteiger partial charge in [-0.3, -0.25) is 33.6 Å². The Labute approximate surface area is 547 Å². The fourth-order valence-corrected chi connectivity index (χ4v) is 10.4. The maximum absolute atomic E-state index is 14.3. The molecule has 93 heavy (non-hydrogen) atoms. The summed E-state index contributed by atoms with van der Waals surface area (Å²) in [6.07, 6.45) is -3.17.